The van der Waals surface area contributed by atoms with Gasteiger partial charge in [-0.1, -0.05) is 69.2 Å². The lowest BCUT2D eigenvalue weighted by atomic mass is 9.62. The van der Waals surface area contributed by atoms with Gasteiger partial charge in [-0.15, -0.1) is 0 Å². The van der Waals surface area contributed by atoms with E-state index in [1.54, 1.807) is 0 Å². The van der Waals surface area contributed by atoms with Crippen LogP contribution in [-0.4, -0.2) is 22.4 Å². The third-order valence-electron chi connectivity index (χ3n) is 6.16. The first-order chi connectivity index (χ1) is 9.44. The maximum atomic E-state index is 12.3. The van der Waals surface area contributed by atoms with Crippen LogP contribution in [0.25, 0.3) is 0 Å². The summed E-state index contributed by atoms with van der Waals surface area (Å²) in [5.41, 5.74) is -0.0986. The molecule has 0 aromatic heterocycles. The van der Waals surface area contributed by atoms with Gasteiger partial charge in [-0.2, -0.15) is 0 Å². The summed E-state index contributed by atoms with van der Waals surface area (Å²) in [7, 11) is 0. The van der Waals surface area contributed by atoms with E-state index in [0.717, 1.165) is 32.1 Å². The molecule has 0 bridgehead atoms. The van der Waals surface area contributed by atoms with Gasteiger partial charge in [0.1, 0.15) is 0 Å². The summed E-state index contributed by atoms with van der Waals surface area (Å²) >= 11 is 0. The van der Waals surface area contributed by atoms with Gasteiger partial charge in [0.25, 0.3) is 0 Å². The van der Waals surface area contributed by atoms with Crippen molar-refractivity contribution in [2.45, 2.75) is 106 Å². The van der Waals surface area contributed by atoms with Gasteiger partial charge in [0.15, 0.2) is 0 Å². The number of amides is 1. The Morgan fingerprint density at radius 1 is 0.667 bits per heavy atom. The molecular weight excluding hydrogens is 258 g/mol. The van der Waals surface area contributed by atoms with Crippen LogP contribution in [0.4, 0.5) is 0 Å². The Labute approximate surface area is 133 Å². The molecule has 0 fully saturated rings. The van der Waals surface area contributed by atoms with E-state index < -0.39 is 0 Å². The Hall–Kier alpha value is -0.530. The second-order valence-corrected chi connectivity index (χ2v) is 8.45. The van der Waals surface area contributed by atoms with Crippen LogP contribution in [0.15, 0.2) is 0 Å². The first-order valence-electron chi connectivity index (χ1n) is 8.68. The number of hydrogen-bond donors (Lipinski definition) is 0. The maximum absolute atomic E-state index is 12.3. The summed E-state index contributed by atoms with van der Waals surface area (Å²) in [4.78, 5) is 14.5. The Morgan fingerprint density at radius 2 is 0.905 bits per heavy atom. The van der Waals surface area contributed by atoms with Crippen LogP contribution in [0.3, 0.4) is 0 Å². The zero-order chi connectivity index (χ0) is 17.1. The molecule has 1 amide bonds. The molecular formula is C19H39NO. The van der Waals surface area contributed by atoms with Crippen molar-refractivity contribution in [3.63, 3.8) is 0 Å². The normalized spacial score (nSPS) is 14.2. The van der Waals surface area contributed by atoms with Crippen molar-refractivity contribution in [3.8, 4) is 0 Å². The third-order valence-corrected chi connectivity index (χ3v) is 6.16. The van der Waals surface area contributed by atoms with Gasteiger partial charge in [0, 0.05) is 11.1 Å². The highest BCUT2D eigenvalue weighted by atomic mass is 16.1. The van der Waals surface area contributed by atoms with Gasteiger partial charge >= 0.3 is 0 Å². The molecule has 0 saturated heterocycles. The minimum absolute atomic E-state index is 0.0538. The first-order valence-corrected chi connectivity index (χ1v) is 8.68. The monoisotopic (exact) mass is 297 g/mol. The molecule has 2 heteroatoms. The number of rotatable bonds is 7. The quantitative estimate of drug-likeness (QED) is 0.556. The minimum Gasteiger partial charge on any atom is -0.333 e. The molecule has 0 atom stereocenters. The van der Waals surface area contributed by atoms with Crippen molar-refractivity contribution in [3.05, 3.63) is 0 Å². The second kappa shape index (κ2) is 6.71. The standard InChI is InChI=1S/C19H39NO/c1-11-18(12-2,16(5,6)7)20(15-21)19(13-3,14-4)17(8,9)10/h15H,11-14H2,1-10H3. The molecule has 0 aromatic carbocycles. The van der Waals surface area contributed by atoms with Crippen molar-refractivity contribution in [1.82, 2.24) is 4.90 Å². The van der Waals surface area contributed by atoms with Gasteiger partial charge in [0.2, 0.25) is 6.41 Å². The smallest absolute Gasteiger partial charge is 0.210 e. The topological polar surface area (TPSA) is 20.3 Å². The van der Waals surface area contributed by atoms with E-state index in [9.17, 15) is 4.79 Å². The van der Waals surface area contributed by atoms with Gasteiger partial charge in [-0.25, -0.2) is 0 Å². The Kier molecular flexibility index (Phi) is 6.54. The summed E-state index contributed by atoms with van der Waals surface area (Å²) in [5, 5.41) is 0. The van der Waals surface area contributed by atoms with Gasteiger partial charge < -0.3 is 4.90 Å². The number of hydrogen-bond acceptors (Lipinski definition) is 1. The van der Waals surface area contributed by atoms with Crippen molar-refractivity contribution < 1.29 is 4.79 Å². The fourth-order valence-electron chi connectivity index (χ4n) is 4.64. The molecule has 0 saturated carbocycles. The Balaban J connectivity index is 6.35. The van der Waals surface area contributed by atoms with E-state index in [1.165, 1.54) is 0 Å². The van der Waals surface area contributed by atoms with Gasteiger partial charge in [-0.05, 0) is 36.5 Å². The average Bonchev–Trinajstić information content (AvgIpc) is 2.36. The van der Waals surface area contributed by atoms with Crippen molar-refractivity contribution in [2.75, 3.05) is 0 Å². The molecule has 126 valence electrons. The highest BCUT2D eigenvalue weighted by Crippen LogP contribution is 2.50. The van der Waals surface area contributed by atoms with E-state index in [4.69, 9.17) is 0 Å². The molecule has 0 aromatic rings. The molecule has 0 radical (unpaired) electrons. The van der Waals surface area contributed by atoms with E-state index in [1.807, 2.05) is 0 Å². The van der Waals surface area contributed by atoms with Crippen molar-refractivity contribution in [1.29, 1.82) is 0 Å². The molecule has 2 nitrogen and oxygen atoms in total. The van der Waals surface area contributed by atoms with E-state index in [0.29, 0.717) is 0 Å². The van der Waals surface area contributed by atoms with Crippen LogP contribution in [0.1, 0.15) is 94.9 Å². The van der Waals surface area contributed by atoms with E-state index in [2.05, 4.69) is 74.1 Å². The predicted octanol–water partition coefficient (Wildman–Crippen LogP) is 5.65. The lowest BCUT2D eigenvalue weighted by Crippen LogP contribution is -2.68. The number of nitrogens with zero attached hydrogens (tertiary/aromatic N) is 1. The SMILES string of the molecule is CCC(CC)(N(C=O)C(CC)(CC)C(C)(C)C)C(C)(C)C. The summed E-state index contributed by atoms with van der Waals surface area (Å²) in [6.45, 7) is 22.5. The van der Waals surface area contributed by atoms with Gasteiger partial charge in [0.05, 0.1) is 0 Å². The molecule has 0 unspecified atom stereocenters. The highest BCUT2D eigenvalue weighted by molar-refractivity contribution is 5.52. The van der Waals surface area contributed by atoms with Crippen LogP contribution >= 0.6 is 0 Å². The fraction of sp³-hybridized carbons (Fsp3) is 0.947. The van der Waals surface area contributed by atoms with Crippen molar-refractivity contribution in [2.24, 2.45) is 10.8 Å². The second-order valence-electron chi connectivity index (χ2n) is 8.45. The predicted molar refractivity (Wildman–Crippen MR) is 93.4 cm³/mol. The molecule has 0 N–H and O–H groups in total. The number of carbonyl (C=O) groups excluding carboxylic acids is 1. The van der Waals surface area contributed by atoms with Crippen LogP contribution in [0, 0.1) is 10.8 Å². The molecule has 0 heterocycles. The van der Waals surface area contributed by atoms with E-state index >= 15 is 0 Å². The summed E-state index contributed by atoms with van der Waals surface area (Å²) in [6.07, 6.45) is 5.09. The minimum atomic E-state index is -0.103. The van der Waals surface area contributed by atoms with E-state index in [-0.39, 0.29) is 21.9 Å². The third kappa shape index (κ3) is 3.14. The maximum Gasteiger partial charge on any atom is 0.210 e. The van der Waals surface area contributed by atoms with Crippen LogP contribution < -0.4 is 0 Å². The molecule has 0 spiro atoms. The average molecular weight is 298 g/mol. The molecule has 0 aliphatic carbocycles. The lowest BCUT2D eigenvalue weighted by Gasteiger charge is -2.61. The van der Waals surface area contributed by atoms with Crippen molar-refractivity contribution >= 4 is 6.41 Å². The Bertz CT molecular complexity index is 294. The zero-order valence-electron chi connectivity index (χ0n) is 16.3. The lowest BCUT2D eigenvalue weighted by molar-refractivity contribution is -0.158. The molecule has 0 rings (SSSR count). The Morgan fingerprint density at radius 3 is 1.00 bits per heavy atom. The summed E-state index contributed by atoms with van der Waals surface area (Å²) in [5.74, 6) is 0. The first kappa shape index (κ1) is 20.5. The molecule has 0 aliphatic heterocycles. The molecule has 21 heavy (non-hydrogen) atoms. The largest absolute Gasteiger partial charge is 0.333 e. The highest BCUT2D eigenvalue weighted by Gasteiger charge is 2.54. The fourth-order valence-corrected chi connectivity index (χ4v) is 4.64. The molecule has 0 aliphatic rings. The summed E-state index contributed by atoms with van der Waals surface area (Å²) in [6, 6.07) is 0. The van der Waals surface area contributed by atoms with Gasteiger partial charge in [-0.3, -0.25) is 4.79 Å². The van der Waals surface area contributed by atoms with Crippen LogP contribution in [-0.2, 0) is 4.79 Å². The van der Waals surface area contributed by atoms with Crippen LogP contribution in [0.2, 0.25) is 0 Å². The number of carbonyl (C=O) groups is 1. The zero-order valence-corrected chi connectivity index (χ0v) is 16.3. The summed E-state index contributed by atoms with van der Waals surface area (Å²) < 4.78 is 0. The van der Waals surface area contributed by atoms with Crippen LogP contribution in [0.5, 0.6) is 0 Å².